The summed E-state index contributed by atoms with van der Waals surface area (Å²) in [6.07, 6.45) is 1.30. The number of rotatable bonds is 15. The predicted octanol–water partition coefficient (Wildman–Crippen LogP) is 3.55. The van der Waals surface area contributed by atoms with Crippen molar-refractivity contribution < 1.29 is 47.3 Å². The van der Waals surface area contributed by atoms with Crippen LogP contribution in [0.2, 0.25) is 0 Å². The highest BCUT2D eigenvalue weighted by Gasteiger charge is 2.48. The van der Waals surface area contributed by atoms with Gasteiger partial charge in [-0.15, -0.1) is 0 Å². The first-order valence-electron chi connectivity index (χ1n) is 8.98. The lowest BCUT2D eigenvalue weighted by atomic mass is 9.99. The molecule has 0 aromatic carbocycles. The molecule has 0 aliphatic heterocycles. The Morgan fingerprint density at radius 3 is 1.82 bits per heavy atom. The van der Waals surface area contributed by atoms with Crippen LogP contribution in [0.5, 0.6) is 0 Å². The number of ether oxygens (including phenoxy) is 1. The van der Waals surface area contributed by atoms with Gasteiger partial charge in [0.2, 0.25) is 0 Å². The van der Waals surface area contributed by atoms with Crippen LogP contribution in [0.15, 0.2) is 12.2 Å². The normalized spacial score (nSPS) is 17.0. The zero-order valence-electron chi connectivity index (χ0n) is 16.8. The summed E-state index contributed by atoms with van der Waals surface area (Å²) >= 11 is 0. The number of unbranched alkanes of at least 4 members (excludes halogenated alkanes) is 2. The van der Waals surface area contributed by atoms with Crippen LogP contribution >= 0.6 is 15.6 Å². The highest BCUT2D eigenvalue weighted by atomic mass is 31.2. The van der Waals surface area contributed by atoms with Crippen molar-refractivity contribution in [1.82, 2.24) is 0 Å². The Balaban J connectivity index is 6.16. The van der Waals surface area contributed by atoms with E-state index in [1.807, 2.05) is 13.8 Å². The van der Waals surface area contributed by atoms with Gasteiger partial charge in [0.25, 0.3) is 0 Å². The molecule has 0 aliphatic rings. The van der Waals surface area contributed by atoms with E-state index in [1.54, 1.807) is 0 Å². The number of hydrogen-bond donors (Lipinski definition) is 4. The van der Waals surface area contributed by atoms with Gasteiger partial charge in [-0.2, -0.15) is 0 Å². The number of carbonyl (C=O) groups is 1. The summed E-state index contributed by atoms with van der Waals surface area (Å²) in [5.41, 5.74) is 0.116. The zero-order valence-corrected chi connectivity index (χ0v) is 18.6. The van der Waals surface area contributed by atoms with Crippen molar-refractivity contribution in [2.24, 2.45) is 0 Å². The van der Waals surface area contributed by atoms with Crippen molar-refractivity contribution in [3.8, 4) is 0 Å². The Labute approximate surface area is 165 Å². The van der Waals surface area contributed by atoms with Crippen molar-refractivity contribution in [3.05, 3.63) is 12.2 Å². The molecule has 10 nitrogen and oxygen atoms in total. The van der Waals surface area contributed by atoms with Crippen molar-refractivity contribution in [3.63, 3.8) is 0 Å². The van der Waals surface area contributed by atoms with Crippen LogP contribution in [-0.2, 0) is 27.7 Å². The van der Waals surface area contributed by atoms with Gasteiger partial charge in [-0.3, -0.25) is 13.8 Å². The molecule has 0 rings (SSSR count). The second-order valence-corrected chi connectivity index (χ2v) is 9.23. The number of phosphoric acid groups is 2. The minimum Gasteiger partial charge on any atom is -0.317 e. The van der Waals surface area contributed by atoms with Crippen LogP contribution in [0.25, 0.3) is 0 Å². The van der Waals surface area contributed by atoms with E-state index in [9.17, 15) is 33.5 Å². The summed E-state index contributed by atoms with van der Waals surface area (Å²) in [4.78, 5) is 49.6. The van der Waals surface area contributed by atoms with Gasteiger partial charge >= 0.3 is 15.6 Å². The molecular formula is C16H32O10P2. The fourth-order valence-electron chi connectivity index (χ4n) is 2.59. The minimum atomic E-state index is -5.13. The lowest BCUT2D eigenvalue weighted by molar-refractivity contribution is -0.315. The molecule has 0 spiro atoms. The Bertz CT molecular complexity index is 625. The number of ketones is 1. The number of hydrogen-bond acceptors (Lipinski definition) is 6. The van der Waals surface area contributed by atoms with Crippen molar-refractivity contribution in [1.29, 1.82) is 0 Å². The second kappa shape index (κ2) is 11.1. The van der Waals surface area contributed by atoms with Gasteiger partial charge < -0.3 is 24.3 Å². The molecule has 0 amide bonds. The Hall–Kier alpha value is -0.410. The third-order valence-corrected chi connectivity index (χ3v) is 5.00. The first-order chi connectivity index (χ1) is 12.6. The van der Waals surface area contributed by atoms with E-state index in [0.717, 1.165) is 0 Å². The fourth-order valence-corrected chi connectivity index (χ4v) is 3.85. The average molecular weight is 446 g/mol. The summed E-state index contributed by atoms with van der Waals surface area (Å²) < 4.78 is 38.5. The van der Waals surface area contributed by atoms with E-state index < -0.39 is 39.4 Å². The van der Waals surface area contributed by atoms with E-state index >= 15 is 0 Å². The zero-order chi connectivity index (χ0) is 22.2. The smallest absolute Gasteiger partial charge is 0.317 e. The lowest BCUT2D eigenvalue weighted by Gasteiger charge is -2.41. The van der Waals surface area contributed by atoms with E-state index in [-0.39, 0.29) is 18.4 Å². The van der Waals surface area contributed by atoms with Crippen LogP contribution in [0, 0.1) is 0 Å². The molecular weight excluding hydrogens is 414 g/mol. The van der Waals surface area contributed by atoms with Crippen LogP contribution in [0.1, 0.15) is 72.6 Å². The summed E-state index contributed by atoms with van der Waals surface area (Å²) in [6, 6.07) is 0. The number of allylic oxidation sites excluding steroid dienone is 1. The molecule has 0 aliphatic carbocycles. The van der Waals surface area contributed by atoms with Crippen LogP contribution in [0.4, 0.5) is 0 Å². The third-order valence-electron chi connectivity index (χ3n) is 3.80. The molecule has 0 saturated carbocycles. The monoisotopic (exact) mass is 446 g/mol. The summed E-state index contributed by atoms with van der Waals surface area (Å²) in [6.45, 7) is 9.81. The van der Waals surface area contributed by atoms with E-state index in [1.165, 1.54) is 13.8 Å². The molecule has 0 saturated heterocycles. The summed E-state index contributed by atoms with van der Waals surface area (Å²) in [5, 5.41) is 0. The maximum absolute atomic E-state index is 12.3. The number of Topliss-reactive ketones (excluding diaryl/α,β-unsaturated/α-hetero) is 1. The highest BCUT2D eigenvalue weighted by molar-refractivity contribution is 7.46. The first-order valence-corrected chi connectivity index (χ1v) is 12.0. The molecule has 0 aromatic heterocycles. The van der Waals surface area contributed by atoms with Crippen LogP contribution in [0.3, 0.4) is 0 Å². The largest absolute Gasteiger partial charge is 0.472 e. The summed E-state index contributed by atoms with van der Waals surface area (Å²) in [7, 11) is -10.2. The van der Waals surface area contributed by atoms with Crippen molar-refractivity contribution in [2.75, 3.05) is 0 Å². The van der Waals surface area contributed by atoms with E-state index in [0.29, 0.717) is 25.7 Å². The maximum atomic E-state index is 12.3. The second-order valence-electron chi connectivity index (χ2n) is 6.90. The molecule has 4 N–H and O–H groups in total. The molecule has 166 valence electrons. The maximum Gasteiger partial charge on any atom is 0.472 e. The minimum absolute atomic E-state index is 0.00569. The SMILES string of the molecule is C=C(C)C(=O)CC(CCCC)(OC(C)(CCCC)OP(=O)(O)O)OP(=O)(O)O. The molecule has 0 bridgehead atoms. The topological polar surface area (TPSA) is 160 Å². The lowest BCUT2D eigenvalue weighted by Crippen LogP contribution is -2.47. The number of carbonyl (C=O) groups excluding carboxylic acids is 1. The molecule has 0 radical (unpaired) electrons. The van der Waals surface area contributed by atoms with Gasteiger partial charge in [0.05, 0.1) is 6.42 Å². The number of phosphoric ester groups is 2. The molecule has 12 heteroatoms. The molecule has 2 atom stereocenters. The van der Waals surface area contributed by atoms with E-state index in [4.69, 9.17) is 13.8 Å². The molecule has 0 heterocycles. The standard InChI is InChI=1S/C16H32O10P2/c1-6-8-10-15(5,25-27(18,19)20)24-16(11-9-7-2,26-28(21,22)23)12-14(17)13(3)4/h3,6-12H2,1-2,4-5H3,(H2,18,19,20)(H2,21,22,23). The molecule has 28 heavy (non-hydrogen) atoms. The Kier molecular flexibility index (Phi) is 10.9. The van der Waals surface area contributed by atoms with Crippen LogP contribution < -0.4 is 0 Å². The van der Waals surface area contributed by atoms with Crippen molar-refractivity contribution >= 4 is 21.4 Å². The highest BCUT2D eigenvalue weighted by Crippen LogP contribution is 2.50. The first kappa shape index (κ1) is 27.6. The predicted molar refractivity (Wildman–Crippen MR) is 102 cm³/mol. The summed E-state index contributed by atoms with van der Waals surface area (Å²) in [5.74, 6) is -4.67. The third kappa shape index (κ3) is 11.6. The molecule has 0 fully saturated rings. The Morgan fingerprint density at radius 1 is 0.964 bits per heavy atom. The van der Waals surface area contributed by atoms with Crippen LogP contribution in [-0.4, -0.2) is 36.9 Å². The molecule has 0 aromatic rings. The van der Waals surface area contributed by atoms with Gasteiger partial charge in [0, 0.05) is 12.8 Å². The average Bonchev–Trinajstić information content (AvgIpc) is 2.47. The van der Waals surface area contributed by atoms with Gasteiger partial charge in [-0.1, -0.05) is 33.3 Å². The van der Waals surface area contributed by atoms with Gasteiger partial charge in [-0.05, 0) is 32.3 Å². The quantitative estimate of drug-likeness (QED) is 0.166. The van der Waals surface area contributed by atoms with Gasteiger partial charge in [0.1, 0.15) is 0 Å². The fraction of sp³-hybridized carbons (Fsp3) is 0.812. The van der Waals surface area contributed by atoms with Crippen molar-refractivity contribution in [2.45, 2.75) is 84.2 Å². The molecule has 2 unspecified atom stereocenters. The van der Waals surface area contributed by atoms with E-state index in [2.05, 4.69) is 6.58 Å². The Morgan fingerprint density at radius 2 is 1.43 bits per heavy atom. The van der Waals surface area contributed by atoms with Gasteiger partial charge in [-0.25, -0.2) is 9.13 Å². The van der Waals surface area contributed by atoms with Gasteiger partial charge in [0.15, 0.2) is 17.4 Å².